The molecule has 66 valence electrons. The van der Waals surface area contributed by atoms with Crippen LogP contribution in [0.3, 0.4) is 0 Å². The largest absolute Gasteiger partial charge is 0.481 e. The van der Waals surface area contributed by atoms with Crippen molar-refractivity contribution in [3.8, 4) is 5.88 Å². The summed E-state index contributed by atoms with van der Waals surface area (Å²) in [5.41, 5.74) is 1.05. The van der Waals surface area contributed by atoms with E-state index in [0.717, 1.165) is 9.13 Å². The van der Waals surface area contributed by atoms with Crippen LogP contribution in [0.4, 0.5) is 0 Å². The Kier molecular flexibility index (Phi) is 3.74. The van der Waals surface area contributed by atoms with Crippen LogP contribution in [0.2, 0.25) is 0 Å². The second-order valence-corrected chi connectivity index (χ2v) is 3.45. The molecule has 12 heavy (non-hydrogen) atoms. The maximum Gasteiger partial charge on any atom is 0.213 e. The van der Waals surface area contributed by atoms with Crippen LogP contribution in [-0.4, -0.2) is 23.8 Å². The first-order chi connectivity index (χ1) is 5.77. The lowest BCUT2D eigenvalue weighted by Crippen LogP contribution is -1.96. The molecule has 0 unspecified atom stereocenters. The average Bonchev–Trinajstić information content (AvgIpc) is 2.09. The number of ether oxygens (including phenoxy) is 1. The fourth-order valence-corrected chi connectivity index (χ4v) is 1.53. The zero-order chi connectivity index (χ0) is 8.97. The molecule has 0 bridgehead atoms. The second-order valence-electron chi connectivity index (χ2n) is 2.29. The van der Waals surface area contributed by atoms with Crippen molar-refractivity contribution in [2.45, 2.75) is 6.42 Å². The summed E-state index contributed by atoms with van der Waals surface area (Å²) in [5, 5.41) is 8.71. The van der Waals surface area contributed by atoms with E-state index in [2.05, 4.69) is 27.6 Å². The smallest absolute Gasteiger partial charge is 0.213 e. The number of hydrogen-bond donors (Lipinski definition) is 1. The average molecular weight is 279 g/mol. The Hall–Kier alpha value is -0.360. The van der Waals surface area contributed by atoms with Crippen LogP contribution in [-0.2, 0) is 6.42 Å². The normalized spacial score (nSPS) is 9.92. The summed E-state index contributed by atoms with van der Waals surface area (Å²) >= 11 is 2.20. The molecule has 1 rings (SSSR count). The minimum atomic E-state index is 0.157. The number of aliphatic hydroxyl groups is 1. The van der Waals surface area contributed by atoms with Gasteiger partial charge in [0.1, 0.15) is 0 Å². The predicted octanol–water partition coefficient (Wildman–Crippen LogP) is 1.23. The quantitative estimate of drug-likeness (QED) is 0.846. The van der Waals surface area contributed by atoms with Crippen LogP contribution in [0.5, 0.6) is 5.88 Å². The molecule has 0 amide bonds. The van der Waals surface area contributed by atoms with Gasteiger partial charge >= 0.3 is 0 Å². The van der Waals surface area contributed by atoms with Gasteiger partial charge in [-0.2, -0.15) is 0 Å². The van der Waals surface area contributed by atoms with Crippen molar-refractivity contribution in [1.82, 2.24) is 4.98 Å². The number of rotatable bonds is 3. The van der Waals surface area contributed by atoms with Crippen molar-refractivity contribution in [1.29, 1.82) is 0 Å². The molecule has 0 aliphatic carbocycles. The highest BCUT2D eigenvalue weighted by Gasteiger charge is 2.01. The zero-order valence-electron chi connectivity index (χ0n) is 6.75. The van der Waals surface area contributed by atoms with Crippen LogP contribution in [0.25, 0.3) is 0 Å². The van der Waals surface area contributed by atoms with E-state index < -0.39 is 0 Å². The first kappa shape index (κ1) is 9.73. The van der Waals surface area contributed by atoms with Gasteiger partial charge in [0.05, 0.1) is 7.11 Å². The van der Waals surface area contributed by atoms with Gasteiger partial charge in [-0.3, -0.25) is 0 Å². The molecule has 1 aromatic heterocycles. The molecule has 0 fully saturated rings. The predicted molar refractivity (Wildman–Crippen MR) is 54.3 cm³/mol. The van der Waals surface area contributed by atoms with Crippen LogP contribution < -0.4 is 4.74 Å². The first-order valence-electron chi connectivity index (χ1n) is 3.57. The van der Waals surface area contributed by atoms with E-state index in [4.69, 9.17) is 9.84 Å². The van der Waals surface area contributed by atoms with E-state index in [1.54, 1.807) is 13.3 Å². The molecule has 0 radical (unpaired) electrons. The Morgan fingerprint density at radius 3 is 2.92 bits per heavy atom. The van der Waals surface area contributed by atoms with E-state index in [9.17, 15) is 0 Å². The van der Waals surface area contributed by atoms with Crippen molar-refractivity contribution < 1.29 is 9.84 Å². The highest BCUT2D eigenvalue weighted by molar-refractivity contribution is 14.1. The van der Waals surface area contributed by atoms with E-state index in [1.165, 1.54) is 0 Å². The first-order valence-corrected chi connectivity index (χ1v) is 4.65. The van der Waals surface area contributed by atoms with Gasteiger partial charge in [0, 0.05) is 22.4 Å². The molecule has 0 spiro atoms. The summed E-state index contributed by atoms with van der Waals surface area (Å²) in [6.45, 7) is 0.157. The molecular weight excluding hydrogens is 269 g/mol. The fourth-order valence-electron chi connectivity index (χ4n) is 0.858. The number of aliphatic hydroxyl groups excluding tert-OH is 1. The summed E-state index contributed by atoms with van der Waals surface area (Å²) in [6.07, 6.45) is 2.38. The molecule has 0 atom stereocenters. The van der Waals surface area contributed by atoms with Gasteiger partial charge < -0.3 is 9.84 Å². The Morgan fingerprint density at radius 1 is 1.67 bits per heavy atom. The summed E-state index contributed by atoms with van der Waals surface area (Å²) < 4.78 is 6.03. The molecule has 0 saturated heterocycles. The summed E-state index contributed by atoms with van der Waals surface area (Å²) in [7, 11) is 1.59. The number of nitrogens with zero attached hydrogens (tertiary/aromatic N) is 1. The van der Waals surface area contributed by atoms with Crippen LogP contribution >= 0.6 is 22.6 Å². The number of aromatic nitrogens is 1. The summed E-state index contributed by atoms with van der Waals surface area (Å²) in [4.78, 5) is 4.04. The van der Waals surface area contributed by atoms with E-state index in [0.29, 0.717) is 12.3 Å². The maximum absolute atomic E-state index is 8.71. The van der Waals surface area contributed by atoms with Gasteiger partial charge in [-0.15, -0.1) is 0 Å². The van der Waals surface area contributed by atoms with E-state index >= 15 is 0 Å². The van der Waals surface area contributed by atoms with Crippen molar-refractivity contribution in [3.63, 3.8) is 0 Å². The molecule has 0 aromatic carbocycles. The third-order valence-electron chi connectivity index (χ3n) is 1.49. The molecule has 0 aliphatic rings. The third-order valence-corrected chi connectivity index (χ3v) is 2.50. The second kappa shape index (κ2) is 4.61. The van der Waals surface area contributed by atoms with Gasteiger partial charge in [-0.05, 0) is 34.6 Å². The SMILES string of the molecule is COc1cc(I)c(CCO)cn1. The topological polar surface area (TPSA) is 42.4 Å². The molecular formula is C8H10INO2. The molecule has 4 heteroatoms. The lowest BCUT2D eigenvalue weighted by molar-refractivity contribution is 0.299. The standard InChI is InChI=1S/C8H10INO2/c1-12-8-4-7(9)6(2-3-11)5-10-8/h4-5,11H,2-3H2,1H3. The van der Waals surface area contributed by atoms with Crippen molar-refractivity contribution in [2.24, 2.45) is 0 Å². The minimum absolute atomic E-state index is 0.157. The van der Waals surface area contributed by atoms with Gasteiger partial charge in [0.15, 0.2) is 0 Å². The van der Waals surface area contributed by atoms with Crippen molar-refractivity contribution >= 4 is 22.6 Å². The number of pyridine rings is 1. The maximum atomic E-state index is 8.71. The number of methoxy groups -OCH3 is 1. The van der Waals surface area contributed by atoms with E-state index in [1.807, 2.05) is 6.07 Å². The fraction of sp³-hybridized carbons (Fsp3) is 0.375. The van der Waals surface area contributed by atoms with Gasteiger partial charge in [0.2, 0.25) is 5.88 Å². The highest BCUT2D eigenvalue weighted by atomic mass is 127. The van der Waals surface area contributed by atoms with Crippen LogP contribution in [0.15, 0.2) is 12.3 Å². The van der Waals surface area contributed by atoms with Crippen LogP contribution in [0.1, 0.15) is 5.56 Å². The lowest BCUT2D eigenvalue weighted by Gasteiger charge is -2.03. The van der Waals surface area contributed by atoms with Crippen molar-refractivity contribution in [2.75, 3.05) is 13.7 Å². The zero-order valence-corrected chi connectivity index (χ0v) is 8.91. The number of hydrogen-bond acceptors (Lipinski definition) is 3. The minimum Gasteiger partial charge on any atom is -0.481 e. The van der Waals surface area contributed by atoms with Gasteiger partial charge in [-0.25, -0.2) is 4.98 Å². The van der Waals surface area contributed by atoms with Crippen molar-refractivity contribution in [3.05, 3.63) is 21.4 Å². The molecule has 0 saturated carbocycles. The number of halogens is 1. The molecule has 1 heterocycles. The van der Waals surface area contributed by atoms with Crippen LogP contribution in [0, 0.1) is 3.57 Å². The Labute approximate surface area is 84.9 Å². The Balaban J connectivity index is 2.87. The summed E-state index contributed by atoms with van der Waals surface area (Å²) in [5.74, 6) is 0.612. The highest BCUT2D eigenvalue weighted by Crippen LogP contribution is 2.16. The molecule has 1 N–H and O–H groups in total. The third kappa shape index (κ3) is 2.31. The monoisotopic (exact) mass is 279 g/mol. The Bertz CT molecular complexity index is 265. The van der Waals surface area contributed by atoms with E-state index in [-0.39, 0.29) is 6.61 Å². The van der Waals surface area contributed by atoms with Gasteiger partial charge in [0.25, 0.3) is 0 Å². The summed E-state index contributed by atoms with van der Waals surface area (Å²) in [6, 6.07) is 1.85. The lowest BCUT2D eigenvalue weighted by atomic mass is 10.2. The molecule has 1 aromatic rings. The van der Waals surface area contributed by atoms with Gasteiger partial charge in [-0.1, -0.05) is 0 Å². The molecule has 3 nitrogen and oxygen atoms in total. The molecule has 0 aliphatic heterocycles. The Morgan fingerprint density at radius 2 is 2.42 bits per heavy atom.